The standard InChI is InChI=1S/C11H23Br/c1-11(2,3)9-7-5-4-6-8-10-12/h4-10H2,1-3H3. The Morgan fingerprint density at radius 1 is 0.833 bits per heavy atom. The Labute approximate surface area is 86.3 Å². The minimum Gasteiger partial charge on any atom is -0.0928 e. The van der Waals surface area contributed by atoms with Crippen molar-refractivity contribution in [2.45, 2.75) is 59.3 Å². The lowest BCUT2D eigenvalue weighted by molar-refractivity contribution is 0.357. The third-order valence-electron chi connectivity index (χ3n) is 2.06. The van der Waals surface area contributed by atoms with Gasteiger partial charge < -0.3 is 0 Å². The smallest absolute Gasteiger partial charge is 0.00313 e. The van der Waals surface area contributed by atoms with Crippen LogP contribution in [0.2, 0.25) is 0 Å². The van der Waals surface area contributed by atoms with Gasteiger partial charge in [-0.2, -0.15) is 0 Å². The lowest BCUT2D eigenvalue weighted by Crippen LogP contribution is -2.03. The summed E-state index contributed by atoms with van der Waals surface area (Å²) in [6.07, 6.45) is 8.37. The molecule has 0 radical (unpaired) electrons. The van der Waals surface area contributed by atoms with E-state index in [1.54, 1.807) is 0 Å². The van der Waals surface area contributed by atoms with Crippen LogP contribution in [0.3, 0.4) is 0 Å². The highest BCUT2D eigenvalue weighted by Gasteiger charge is 2.08. The van der Waals surface area contributed by atoms with Crippen LogP contribution in [-0.4, -0.2) is 5.33 Å². The molecular weight excluding hydrogens is 212 g/mol. The minimum absolute atomic E-state index is 0.537. The summed E-state index contributed by atoms with van der Waals surface area (Å²) in [7, 11) is 0. The molecule has 0 bridgehead atoms. The van der Waals surface area contributed by atoms with Crippen molar-refractivity contribution in [2.75, 3.05) is 5.33 Å². The van der Waals surface area contributed by atoms with Crippen molar-refractivity contribution in [3.63, 3.8) is 0 Å². The van der Waals surface area contributed by atoms with E-state index in [4.69, 9.17) is 0 Å². The fraction of sp³-hybridized carbons (Fsp3) is 1.00. The number of halogens is 1. The lowest BCUT2D eigenvalue weighted by Gasteiger charge is -2.17. The number of unbranched alkanes of at least 4 members (excludes halogenated alkanes) is 4. The fourth-order valence-electron chi connectivity index (χ4n) is 1.28. The van der Waals surface area contributed by atoms with Gasteiger partial charge in [0.1, 0.15) is 0 Å². The molecule has 0 nitrogen and oxygen atoms in total. The number of alkyl halides is 1. The Kier molecular flexibility index (Phi) is 7.22. The summed E-state index contributed by atoms with van der Waals surface area (Å²) in [6, 6.07) is 0. The molecule has 0 N–H and O–H groups in total. The van der Waals surface area contributed by atoms with Crippen LogP contribution in [0.4, 0.5) is 0 Å². The van der Waals surface area contributed by atoms with Gasteiger partial charge in [-0.25, -0.2) is 0 Å². The van der Waals surface area contributed by atoms with Gasteiger partial charge in [-0.05, 0) is 18.3 Å². The maximum absolute atomic E-state index is 3.45. The van der Waals surface area contributed by atoms with Crippen LogP contribution in [0.15, 0.2) is 0 Å². The van der Waals surface area contributed by atoms with Crippen LogP contribution >= 0.6 is 15.9 Å². The molecule has 0 aliphatic carbocycles. The van der Waals surface area contributed by atoms with Crippen molar-refractivity contribution >= 4 is 15.9 Å². The first-order valence-electron chi connectivity index (χ1n) is 5.12. The molecule has 74 valence electrons. The van der Waals surface area contributed by atoms with Crippen molar-refractivity contribution in [3.8, 4) is 0 Å². The Morgan fingerprint density at radius 2 is 1.33 bits per heavy atom. The highest BCUT2D eigenvalue weighted by atomic mass is 79.9. The van der Waals surface area contributed by atoms with Crippen molar-refractivity contribution < 1.29 is 0 Å². The van der Waals surface area contributed by atoms with E-state index in [1.165, 1.54) is 43.9 Å². The molecule has 0 atom stereocenters. The summed E-state index contributed by atoms with van der Waals surface area (Å²) in [6.45, 7) is 6.97. The molecule has 0 fully saturated rings. The van der Waals surface area contributed by atoms with E-state index in [9.17, 15) is 0 Å². The quantitative estimate of drug-likeness (QED) is 0.459. The maximum Gasteiger partial charge on any atom is 0.00313 e. The van der Waals surface area contributed by atoms with Gasteiger partial charge >= 0.3 is 0 Å². The van der Waals surface area contributed by atoms with Gasteiger partial charge in [0, 0.05) is 5.33 Å². The highest BCUT2D eigenvalue weighted by Crippen LogP contribution is 2.22. The van der Waals surface area contributed by atoms with Crippen molar-refractivity contribution in [1.82, 2.24) is 0 Å². The number of hydrogen-bond donors (Lipinski definition) is 0. The van der Waals surface area contributed by atoms with Gasteiger partial charge in [0.15, 0.2) is 0 Å². The first-order valence-corrected chi connectivity index (χ1v) is 6.24. The Morgan fingerprint density at radius 3 is 1.83 bits per heavy atom. The van der Waals surface area contributed by atoms with Gasteiger partial charge in [0.25, 0.3) is 0 Å². The van der Waals surface area contributed by atoms with E-state index in [2.05, 4.69) is 36.7 Å². The molecule has 0 aromatic rings. The topological polar surface area (TPSA) is 0 Å². The summed E-state index contributed by atoms with van der Waals surface area (Å²) in [5, 5.41) is 1.17. The van der Waals surface area contributed by atoms with Crippen LogP contribution in [0.25, 0.3) is 0 Å². The summed E-state index contributed by atoms with van der Waals surface area (Å²) >= 11 is 3.45. The molecule has 12 heavy (non-hydrogen) atoms. The van der Waals surface area contributed by atoms with Crippen molar-refractivity contribution in [2.24, 2.45) is 5.41 Å². The van der Waals surface area contributed by atoms with Crippen LogP contribution in [0, 0.1) is 5.41 Å². The zero-order valence-electron chi connectivity index (χ0n) is 8.83. The predicted molar refractivity (Wildman–Crippen MR) is 61.0 cm³/mol. The minimum atomic E-state index is 0.537. The van der Waals surface area contributed by atoms with Gasteiger partial charge in [0.2, 0.25) is 0 Å². The summed E-state index contributed by atoms with van der Waals surface area (Å²) in [5.74, 6) is 0. The first-order chi connectivity index (χ1) is 5.56. The monoisotopic (exact) mass is 234 g/mol. The van der Waals surface area contributed by atoms with E-state index in [0.717, 1.165) is 0 Å². The van der Waals surface area contributed by atoms with Crippen LogP contribution in [0.1, 0.15) is 59.3 Å². The average Bonchev–Trinajstić information content (AvgIpc) is 1.94. The maximum atomic E-state index is 3.45. The molecule has 0 aliphatic heterocycles. The Balaban J connectivity index is 3.01. The van der Waals surface area contributed by atoms with E-state index in [-0.39, 0.29) is 0 Å². The lowest BCUT2D eigenvalue weighted by atomic mass is 9.89. The molecule has 0 amide bonds. The molecule has 0 aliphatic rings. The van der Waals surface area contributed by atoms with Crippen LogP contribution in [0.5, 0.6) is 0 Å². The second-order valence-corrected chi connectivity index (χ2v) is 5.56. The third kappa shape index (κ3) is 10.5. The Bertz CT molecular complexity index is 91.7. The largest absolute Gasteiger partial charge is 0.0928 e. The van der Waals surface area contributed by atoms with Gasteiger partial charge in [-0.1, -0.05) is 62.4 Å². The van der Waals surface area contributed by atoms with E-state index < -0.39 is 0 Å². The normalized spacial score (nSPS) is 12.0. The molecular formula is C11H23Br. The Hall–Kier alpha value is 0.480. The van der Waals surface area contributed by atoms with Gasteiger partial charge in [0.05, 0.1) is 0 Å². The zero-order chi connectivity index (χ0) is 9.45. The average molecular weight is 235 g/mol. The summed E-state index contributed by atoms with van der Waals surface area (Å²) in [4.78, 5) is 0. The zero-order valence-corrected chi connectivity index (χ0v) is 10.4. The highest BCUT2D eigenvalue weighted by molar-refractivity contribution is 9.09. The molecule has 0 aromatic carbocycles. The fourth-order valence-corrected chi connectivity index (χ4v) is 1.68. The summed E-state index contributed by atoms with van der Waals surface area (Å²) < 4.78 is 0. The molecule has 0 saturated heterocycles. The van der Waals surface area contributed by atoms with Crippen molar-refractivity contribution in [1.29, 1.82) is 0 Å². The number of hydrogen-bond acceptors (Lipinski definition) is 0. The second-order valence-electron chi connectivity index (χ2n) is 4.77. The molecule has 0 unspecified atom stereocenters. The van der Waals surface area contributed by atoms with Crippen LogP contribution < -0.4 is 0 Å². The van der Waals surface area contributed by atoms with Gasteiger partial charge in [-0.3, -0.25) is 0 Å². The molecule has 0 rings (SSSR count). The SMILES string of the molecule is CC(C)(C)CCCCCCCBr. The predicted octanol–water partition coefficient (Wildman–Crippen LogP) is 4.77. The molecule has 0 saturated carbocycles. The van der Waals surface area contributed by atoms with E-state index in [0.29, 0.717) is 5.41 Å². The molecule has 0 heterocycles. The number of rotatable bonds is 6. The molecule has 1 heteroatoms. The first kappa shape index (κ1) is 12.5. The van der Waals surface area contributed by atoms with E-state index >= 15 is 0 Å². The third-order valence-corrected chi connectivity index (χ3v) is 2.62. The van der Waals surface area contributed by atoms with Crippen LogP contribution in [-0.2, 0) is 0 Å². The van der Waals surface area contributed by atoms with Crippen molar-refractivity contribution in [3.05, 3.63) is 0 Å². The second kappa shape index (κ2) is 6.94. The molecule has 0 spiro atoms. The van der Waals surface area contributed by atoms with Gasteiger partial charge in [-0.15, -0.1) is 0 Å². The molecule has 0 aromatic heterocycles. The van der Waals surface area contributed by atoms with E-state index in [1.807, 2.05) is 0 Å². The summed E-state index contributed by atoms with van der Waals surface area (Å²) in [5.41, 5.74) is 0.537.